The number of anilines is 1. The fraction of sp³-hybridized carbons (Fsp3) is 0.355. The summed E-state index contributed by atoms with van der Waals surface area (Å²) in [4.78, 5) is 35.5. The number of nitrogens with zero attached hydrogens (tertiary/aromatic N) is 3. The first kappa shape index (κ1) is 27.7. The molecule has 5 rings (SSSR count). The van der Waals surface area contributed by atoms with Gasteiger partial charge in [0.15, 0.2) is 0 Å². The lowest BCUT2D eigenvalue weighted by molar-refractivity contribution is 0.0944. The van der Waals surface area contributed by atoms with Gasteiger partial charge in [-0.1, -0.05) is 54.6 Å². The third-order valence-electron chi connectivity index (χ3n) is 7.27. The summed E-state index contributed by atoms with van der Waals surface area (Å²) in [5.41, 5.74) is 2.87. The molecule has 0 unspecified atom stereocenters. The molecule has 8 heteroatoms. The lowest BCUT2D eigenvalue weighted by Crippen LogP contribution is -2.47. The molecular formula is C31H35ClN4O2S. The summed E-state index contributed by atoms with van der Waals surface area (Å²) in [6, 6.07) is 20.8. The Hall–Kier alpha value is -2.84. The highest BCUT2D eigenvalue weighted by Crippen LogP contribution is 2.42. The molecule has 0 aliphatic carbocycles. The fourth-order valence-corrected chi connectivity index (χ4v) is 6.47. The summed E-state index contributed by atoms with van der Waals surface area (Å²) in [5, 5.41) is 3.71. The number of carbonyl (C=O) groups excluding carboxylic acids is 2. The number of nitrogens with one attached hydrogen (secondary N) is 1. The highest BCUT2D eigenvalue weighted by atomic mass is 35.5. The van der Waals surface area contributed by atoms with E-state index in [0.717, 1.165) is 60.2 Å². The van der Waals surface area contributed by atoms with E-state index in [1.54, 1.807) is 16.7 Å². The third kappa shape index (κ3) is 6.84. The zero-order valence-electron chi connectivity index (χ0n) is 22.4. The van der Waals surface area contributed by atoms with Crippen LogP contribution in [-0.2, 0) is 6.54 Å². The van der Waals surface area contributed by atoms with Gasteiger partial charge in [0.2, 0.25) is 0 Å². The minimum atomic E-state index is -0.118. The van der Waals surface area contributed by atoms with Crippen molar-refractivity contribution in [2.75, 3.05) is 50.7 Å². The molecule has 3 aromatic rings. The predicted molar refractivity (Wildman–Crippen MR) is 159 cm³/mol. The van der Waals surface area contributed by atoms with Gasteiger partial charge >= 0.3 is 0 Å². The fourth-order valence-electron chi connectivity index (χ4n) is 5.20. The molecule has 2 aliphatic heterocycles. The molecule has 39 heavy (non-hydrogen) atoms. The Balaban J connectivity index is 1.28. The first-order valence-electron chi connectivity index (χ1n) is 13.7. The smallest absolute Gasteiger partial charge is 0.259 e. The highest BCUT2D eigenvalue weighted by molar-refractivity contribution is 7.99. The van der Waals surface area contributed by atoms with Crippen molar-refractivity contribution in [1.29, 1.82) is 0 Å². The van der Waals surface area contributed by atoms with Crippen LogP contribution in [0.3, 0.4) is 0 Å². The minimum Gasteiger partial charge on any atom is -0.352 e. The van der Waals surface area contributed by atoms with Crippen LogP contribution in [0.15, 0.2) is 76.5 Å². The SMILES string of the molecule is CCCN1CCN(CCCNC(=O)c2ccc3c(c2)N(Cc2cccc(Cl)c2)C(=O)c2ccccc2S3)CC1. The second kappa shape index (κ2) is 13.0. The second-order valence-corrected chi connectivity index (χ2v) is 11.6. The number of benzene rings is 3. The Morgan fingerprint density at radius 1 is 0.923 bits per heavy atom. The van der Waals surface area contributed by atoms with Gasteiger partial charge in [0, 0.05) is 53.1 Å². The average molecular weight is 563 g/mol. The van der Waals surface area contributed by atoms with Crippen molar-refractivity contribution in [3.63, 3.8) is 0 Å². The van der Waals surface area contributed by atoms with Gasteiger partial charge in [-0.25, -0.2) is 0 Å². The van der Waals surface area contributed by atoms with E-state index in [1.807, 2.05) is 66.7 Å². The molecule has 6 nitrogen and oxygen atoms in total. The van der Waals surface area contributed by atoms with Gasteiger partial charge in [-0.05, 0) is 74.0 Å². The summed E-state index contributed by atoms with van der Waals surface area (Å²) in [6.45, 7) is 9.81. The van der Waals surface area contributed by atoms with Crippen LogP contribution >= 0.6 is 23.4 Å². The van der Waals surface area contributed by atoms with E-state index in [9.17, 15) is 9.59 Å². The molecule has 1 fully saturated rings. The van der Waals surface area contributed by atoms with E-state index in [4.69, 9.17) is 11.6 Å². The summed E-state index contributed by atoms with van der Waals surface area (Å²) in [6.07, 6.45) is 2.11. The lowest BCUT2D eigenvalue weighted by atomic mass is 10.1. The highest BCUT2D eigenvalue weighted by Gasteiger charge is 2.28. The molecule has 1 N–H and O–H groups in total. The Morgan fingerprint density at radius 2 is 1.69 bits per heavy atom. The van der Waals surface area contributed by atoms with Crippen LogP contribution in [0.5, 0.6) is 0 Å². The topological polar surface area (TPSA) is 55.9 Å². The first-order chi connectivity index (χ1) is 19.0. The van der Waals surface area contributed by atoms with E-state index in [2.05, 4.69) is 22.0 Å². The molecule has 2 aliphatic rings. The summed E-state index contributed by atoms with van der Waals surface area (Å²) < 4.78 is 0. The van der Waals surface area contributed by atoms with Gasteiger partial charge in [-0.3, -0.25) is 9.59 Å². The van der Waals surface area contributed by atoms with Gasteiger partial charge in [0.25, 0.3) is 11.8 Å². The van der Waals surface area contributed by atoms with Crippen molar-refractivity contribution in [3.8, 4) is 0 Å². The monoisotopic (exact) mass is 562 g/mol. The lowest BCUT2D eigenvalue weighted by Gasteiger charge is -2.34. The van der Waals surface area contributed by atoms with Gasteiger partial charge in [0.05, 0.1) is 17.8 Å². The van der Waals surface area contributed by atoms with Crippen molar-refractivity contribution in [1.82, 2.24) is 15.1 Å². The van der Waals surface area contributed by atoms with E-state index >= 15 is 0 Å². The summed E-state index contributed by atoms with van der Waals surface area (Å²) in [7, 11) is 0. The molecule has 0 atom stereocenters. The number of fused-ring (bicyclic) bond motifs is 2. The predicted octanol–water partition coefficient (Wildman–Crippen LogP) is 5.80. The zero-order valence-corrected chi connectivity index (χ0v) is 23.9. The Labute approximate surface area is 240 Å². The van der Waals surface area contributed by atoms with E-state index in [-0.39, 0.29) is 11.8 Å². The van der Waals surface area contributed by atoms with Crippen molar-refractivity contribution in [2.24, 2.45) is 0 Å². The standard InChI is InChI=1S/C31H35ClN4O2S/c1-2-14-34-16-18-35(19-17-34)15-6-13-33-30(37)24-11-12-29-27(21-24)36(22-23-7-5-8-25(32)20-23)31(38)26-9-3-4-10-28(26)39-29/h3-5,7-12,20-21H,2,6,13-19,22H2,1H3,(H,33,37). The maximum atomic E-state index is 13.8. The third-order valence-corrected chi connectivity index (χ3v) is 8.64. The maximum Gasteiger partial charge on any atom is 0.259 e. The van der Waals surface area contributed by atoms with Crippen LogP contribution in [0.2, 0.25) is 5.02 Å². The first-order valence-corrected chi connectivity index (χ1v) is 14.9. The van der Waals surface area contributed by atoms with Gasteiger partial charge in [-0.15, -0.1) is 0 Å². The molecule has 204 valence electrons. The molecule has 0 aromatic heterocycles. The van der Waals surface area contributed by atoms with Crippen LogP contribution < -0.4 is 10.2 Å². The summed E-state index contributed by atoms with van der Waals surface area (Å²) in [5.74, 6) is -0.208. The van der Waals surface area contributed by atoms with Crippen LogP contribution in [0.4, 0.5) is 5.69 Å². The molecule has 0 radical (unpaired) electrons. The number of hydrogen-bond donors (Lipinski definition) is 1. The maximum absolute atomic E-state index is 13.8. The number of hydrogen-bond acceptors (Lipinski definition) is 5. The van der Waals surface area contributed by atoms with Gasteiger partial charge in [-0.2, -0.15) is 0 Å². The molecular weight excluding hydrogens is 528 g/mol. The van der Waals surface area contributed by atoms with Crippen LogP contribution in [0, 0.1) is 0 Å². The quantitative estimate of drug-likeness (QED) is 0.334. The van der Waals surface area contributed by atoms with Crippen LogP contribution in [-0.4, -0.2) is 67.4 Å². The molecule has 0 spiro atoms. The largest absolute Gasteiger partial charge is 0.352 e. The van der Waals surface area contributed by atoms with E-state index in [0.29, 0.717) is 29.2 Å². The van der Waals surface area contributed by atoms with Crippen molar-refractivity contribution in [3.05, 3.63) is 88.4 Å². The van der Waals surface area contributed by atoms with Gasteiger partial charge in [0.1, 0.15) is 0 Å². The van der Waals surface area contributed by atoms with Crippen molar-refractivity contribution in [2.45, 2.75) is 36.1 Å². The second-order valence-electron chi connectivity index (χ2n) is 10.1. The number of piperazine rings is 1. The number of halogens is 1. The molecule has 2 amide bonds. The van der Waals surface area contributed by atoms with E-state index in [1.165, 1.54) is 13.0 Å². The average Bonchev–Trinajstić information content (AvgIpc) is 3.06. The molecule has 3 aromatic carbocycles. The van der Waals surface area contributed by atoms with E-state index < -0.39 is 0 Å². The number of amides is 2. The zero-order chi connectivity index (χ0) is 27.2. The van der Waals surface area contributed by atoms with Crippen LogP contribution in [0.25, 0.3) is 0 Å². The number of rotatable bonds is 9. The Kier molecular flexibility index (Phi) is 9.24. The Morgan fingerprint density at radius 3 is 2.46 bits per heavy atom. The normalized spacial score (nSPS) is 15.9. The molecule has 1 saturated heterocycles. The van der Waals surface area contributed by atoms with Crippen LogP contribution in [0.1, 0.15) is 46.0 Å². The van der Waals surface area contributed by atoms with Crippen molar-refractivity contribution >= 4 is 40.9 Å². The minimum absolute atomic E-state index is 0.0894. The summed E-state index contributed by atoms with van der Waals surface area (Å²) >= 11 is 7.80. The molecule has 0 bridgehead atoms. The molecule has 0 saturated carbocycles. The van der Waals surface area contributed by atoms with Crippen molar-refractivity contribution < 1.29 is 9.59 Å². The number of carbonyl (C=O) groups is 2. The van der Waals surface area contributed by atoms with Gasteiger partial charge < -0.3 is 20.0 Å². The molecule has 2 heterocycles. The Bertz CT molecular complexity index is 1330.